The summed E-state index contributed by atoms with van der Waals surface area (Å²) in [4.78, 5) is 17.5. The third-order valence-corrected chi connectivity index (χ3v) is 5.24. The number of benzene rings is 2. The lowest BCUT2D eigenvalue weighted by Crippen LogP contribution is -2.26. The normalized spacial score (nSPS) is 10.7. The quantitative estimate of drug-likeness (QED) is 0.485. The molecule has 0 saturated heterocycles. The first-order chi connectivity index (χ1) is 14.5. The molecule has 30 heavy (non-hydrogen) atoms. The smallest absolute Gasteiger partial charge is 0.323 e. The molecular weight excluding hydrogens is 374 g/mol. The Balaban J connectivity index is 2.09. The Morgan fingerprint density at radius 3 is 2.70 bits per heavy atom. The maximum absolute atomic E-state index is 11.2. The summed E-state index contributed by atoms with van der Waals surface area (Å²) in [5, 5.41) is 19.5. The molecule has 2 aromatic carbocycles. The van der Waals surface area contributed by atoms with Gasteiger partial charge in [-0.05, 0) is 59.9 Å². The first-order valence-corrected chi connectivity index (χ1v) is 10.4. The van der Waals surface area contributed by atoms with Gasteiger partial charge < -0.3 is 10.0 Å². The van der Waals surface area contributed by atoms with Crippen molar-refractivity contribution in [2.75, 3.05) is 18.5 Å². The number of rotatable bonds is 9. The minimum Gasteiger partial charge on any atom is -0.480 e. The number of aliphatic carboxylic acids is 1. The summed E-state index contributed by atoms with van der Waals surface area (Å²) < 4.78 is 0. The summed E-state index contributed by atoms with van der Waals surface area (Å²) >= 11 is 0. The highest BCUT2D eigenvalue weighted by atomic mass is 16.4. The number of hydrogen-bond acceptors (Lipinski definition) is 4. The van der Waals surface area contributed by atoms with Crippen LogP contribution in [0.15, 0.2) is 48.5 Å². The van der Waals surface area contributed by atoms with E-state index >= 15 is 0 Å². The van der Waals surface area contributed by atoms with Crippen LogP contribution in [-0.2, 0) is 11.2 Å². The maximum Gasteiger partial charge on any atom is 0.323 e. The Morgan fingerprint density at radius 2 is 1.97 bits per heavy atom. The monoisotopic (exact) mass is 401 g/mol. The van der Waals surface area contributed by atoms with E-state index in [0.29, 0.717) is 11.4 Å². The van der Waals surface area contributed by atoms with Crippen molar-refractivity contribution < 1.29 is 9.90 Å². The number of carboxylic acid groups (broad SMARTS) is 1. The molecule has 0 aliphatic carbocycles. The van der Waals surface area contributed by atoms with Gasteiger partial charge in [0, 0.05) is 12.4 Å². The van der Waals surface area contributed by atoms with Gasteiger partial charge in [-0.15, -0.1) is 0 Å². The van der Waals surface area contributed by atoms with Crippen molar-refractivity contribution in [2.24, 2.45) is 0 Å². The molecule has 1 N–H and O–H groups in total. The third kappa shape index (κ3) is 5.15. The molecule has 0 radical (unpaired) electrons. The molecule has 1 aromatic heterocycles. The fourth-order valence-electron chi connectivity index (χ4n) is 3.64. The predicted octanol–water partition coefficient (Wildman–Crippen LogP) is 5.42. The largest absolute Gasteiger partial charge is 0.480 e. The SMILES string of the molecule is CCCCCCc1ccc2nc(N(C)CC(=O)O)cc(-c3cccc(C#N)c3)c2c1. The number of nitriles is 1. The van der Waals surface area contributed by atoms with Crippen LogP contribution in [0.2, 0.25) is 0 Å². The number of nitrogens with zero attached hydrogens (tertiary/aromatic N) is 3. The van der Waals surface area contributed by atoms with E-state index in [0.717, 1.165) is 34.9 Å². The molecule has 3 rings (SSSR count). The average molecular weight is 402 g/mol. The van der Waals surface area contributed by atoms with Crippen LogP contribution in [0.3, 0.4) is 0 Å². The molecule has 0 bridgehead atoms. The highest BCUT2D eigenvalue weighted by molar-refractivity contribution is 5.97. The van der Waals surface area contributed by atoms with Crippen LogP contribution in [0, 0.1) is 11.3 Å². The number of anilines is 1. The van der Waals surface area contributed by atoms with E-state index in [1.165, 1.54) is 24.8 Å². The molecule has 0 aliphatic rings. The van der Waals surface area contributed by atoms with Crippen LogP contribution in [-0.4, -0.2) is 29.7 Å². The molecular formula is C25H27N3O2. The molecule has 0 fully saturated rings. The molecule has 0 spiro atoms. The fraction of sp³-hybridized carbons (Fsp3) is 0.320. The summed E-state index contributed by atoms with van der Waals surface area (Å²) in [5.74, 6) is -0.312. The molecule has 0 amide bonds. The highest BCUT2D eigenvalue weighted by Crippen LogP contribution is 2.32. The van der Waals surface area contributed by atoms with Gasteiger partial charge in [0.2, 0.25) is 0 Å². The molecule has 154 valence electrons. The molecule has 5 heteroatoms. The molecule has 0 saturated carbocycles. The number of unbranched alkanes of at least 4 members (excludes halogenated alkanes) is 3. The van der Waals surface area contributed by atoms with E-state index < -0.39 is 5.97 Å². The van der Waals surface area contributed by atoms with Gasteiger partial charge in [0.25, 0.3) is 0 Å². The Hall–Kier alpha value is -3.39. The predicted molar refractivity (Wildman–Crippen MR) is 121 cm³/mol. The molecule has 0 atom stereocenters. The van der Waals surface area contributed by atoms with Gasteiger partial charge in [0.05, 0.1) is 17.1 Å². The first-order valence-electron chi connectivity index (χ1n) is 10.4. The van der Waals surface area contributed by atoms with Crippen molar-refractivity contribution in [3.63, 3.8) is 0 Å². The molecule has 3 aromatic rings. The molecule has 0 unspecified atom stereocenters. The summed E-state index contributed by atoms with van der Waals surface area (Å²) in [7, 11) is 1.72. The summed E-state index contributed by atoms with van der Waals surface area (Å²) in [6, 6.07) is 17.9. The summed E-state index contributed by atoms with van der Waals surface area (Å²) in [6.07, 6.45) is 5.87. The number of pyridine rings is 1. The average Bonchev–Trinajstić information content (AvgIpc) is 2.75. The molecule has 5 nitrogen and oxygen atoms in total. The number of aryl methyl sites for hydroxylation is 1. The van der Waals surface area contributed by atoms with E-state index in [9.17, 15) is 10.1 Å². The van der Waals surface area contributed by atoms with Gasteiger partial charge in [-0.3, -0.25) is 4.79 Å². The van der Waals surface area contributed by atoms with Crippen molar-refractivity contribution in [3.8, 4) is 17.2 Å². The van der Waals surface area contributed by atoms with Crippen molar-refractivity contribution in [1.29, 1.82) is 5.26 Å². The number of carboxylic acids is 1. The van der Waals surface area contributed by atoms with Gasteiger partial charge in [0.15, 0.2) is 0 Å². The van der Waals surface area contributed by atoms with Gasteiger partial charge >= 0.3 is 5.97 Å². The zero-order valence-electron chi connectivity index (χ0n) is 17.6. The second kappa shape index (κ2) is 9.89. The van der Waals surface area contributed by atoms with E-state index in [4.69, 9.17) is 10.1 Å². The Labute approximate surface area is 177 Å². The van der Waals surface area contributed by atoms with Crippen LogP contribution in [0.5, 0.6) is 0 Å². The van der Waals surface area contributed by atoms with E-state index in [1.807, 2.05) is 30.3 Å². The minimum absolute atomic E-state index is 0.133. The Kier molecular flexibility index (Phi) is 7.03. The van der Waals surface area contributed by atoms with Gasteiger partial charge in [-0.1, -0.05) is 44.4 Å². The highest BCUT2D eigenvalue weighted by Gasteiger charge is 2.14. The number of hydrogen-bond donors (Lipinski definition) is 1. The van der Waals surface area contributed by atoms with Crippen molar-refractivity contribution in [3.05, 3.63) is 59.7 Å². The van der Waals surface area contributed by atoms with Crippen molar-refractivity contribution in [1.82, 2.24) is 4.98 Å². The lowest BCUT2D eigenvalue weighted by Gasteiger charge is -2.19. The number of carbonyl (C=O) groups is 1. The molecule has 0 aliphatic heterocycles. The van der Waals surface area contributed by atoms with Crippen molar-refractivity contribution >= 4 is 22.7 Å². The Bertz CT molecular complexity index is 1090. The van der Waals surface area contributed by atoms with Crippen molar-refractivity contribution in [2.45, 2.75) is 39.0 Å². The van der Waals surface area contributed by atoms with Crippen LogP contribution < -0.4 is 4.90 Å². The lowest BCUT2D eigenvalue weighted by atomic mass is 9.96. The maximum atomic E-state index is 11.2. The number of likely N-dealkylation sites (N-methyl/N-ethyl adjacent to an activating group) is 1. The van der Waals surface area contributed by atoms with Crippen LogP contribution in [0.1, 0.15) is 43.7 Å². The molecule has 1 heterocycles. The summed E-state index contributed by atoms with van der Waals surface area (Å²) in [6.45, 7) is 2.08. The standard InChI is InChI=1S/C25H27N3O2/c1-3-4-5-6-8-18-11-12-23-22(14-18)21(20-10-7-9-19(13-20)16-26)15-24(27-23)28(2)17-25(29)30/h7,9-15H,3-6,8,17H2,1-2H3,(H,29,30). The second-order valence-electron chi connectivity index (χ2n) is 7.63. The lowest BCUT2D eigenvalue weighted by molar-refractivity contribution is -0.135. The summed E-state index contributed by atoms with van der Waals surface area (Å²) in [5.41, 5.74) is 4.56. The van der Waals surface area contributed by atoms with E-state index in [2.05, 4.69) is 25.1 Å². The van der Waals surface area contributed by atoms with Gasteiger partial charge in [0.1, 0.15) is 12.4 Å². The van der Waals surface area contributed by atoms with E-state index in [1.54, 1.807) is 18.0 Å². The zero-order valence-corrected chi connectivity index (χ0v) is 17.6. The second-order valence-corrected chi connectivity index (χ2v) is 7.63. The Morgan fingerprint density at radius 1 is 1.13 bits per heavy atom. The van der Waals surface area contributed by atoms with Crippen LogP contribution >= 0.6 is 0 Å². The third-order valence-electron chi connectivity index (χ3n) is 5.24. The number of aromatic nitrogens is 1. The zero-order chi connectivity index (χ0) is 21.5. The first kappa shape index (κ1) is 21.3. The minimum atomic E-state index is -0.908. The number of fused-ring (bicyclic) bond motifs is 1. The van der Waals surface area contributed by atoms with Gasteiger partial charge in [-0.2, -0.15) is 5.26 Å². The van der Waals surface area contributed by atoms with E-state index in [-0.39, 0.29) is 6.54 Å². The van der Waals surface area contributed by atoms with Crippen LogP contribution in [0.4, 0.5) is 5.82 Å². The van der Waals surface area contributed by atoms with Gasteiger partial charge in [-0.25, -0.2) is 4.98 Å². The van der Waals surface area contributed by atoms with Crippen LogP contribution in [0.25, 0.3) is 22.0 Å². The topological polar surface area (TPSA) is 77.2 Å². The fourth-order valence-corrected chi connectivity index (χ4v) is 3.64.